The number of benzene rings is 1. The van der Waals surface area contributed by atoms with Gasteiger partial charge in [0.25, 0.3) is 0 Å². The lowest BCUT2D eigenvalue weighted by atomic mass is 9.97. The van der Waals surface area contributed by atoms with E-state index in [0.717, 1.165) is 34.7 Å². The maximum atomic E-state index is 6.40. The van der Waals surface area contributed by atoms with Crippen molar-refractivity contribution in [3.8, 4) is 5.75 Å². The van der Waals surface area contributed by atoms with E-state index < -0.39 is 0 Å². The van der Waals surface area contributed by atoms with Crippen molar-refractivity contribution >= 4 is 0 Å². The van der Waals surface area contributed by atoms with Crippen molar-refractivity contribution in [1.29, 1.82) is 0 Å². The molecule has 21 heavy (non-hydrogen) atoms. The van der Waals surface area contributed by atoms with E-state index in [-0.39, 0.29) is 12.1 Å². The highest BCUT2D eigenvalue weighted by Crippen LogP contribution is 2.24. The highest BCUT2D eigenvalue weighted by molar-refractivity contribution is 5.37. The van der Waals surface area contributed by atoms with Crippen LogP contribution < -0.4 is 10.5 Å². The zero-order chi connectivity index (χ0) is 15.4. The largest absolute Gasteiger partial charge is 0.491 e. The Balaban J connectivity index is 2.27. The average Bonchev–Trinajstić information content (AvgIpc) is 2.46. The van der Waals surface area contributed by atoms with Crippen molar-refractivity contribution in [3.63, 3.8) is 0 Å². The zero-order valence-corrected chi connectivity index (χ0v) is 13.1. The maximum absolute atomic E-state index is 6.40. The number of nitrogens with two attached hydrogens (primary N) is 1. The Morgan fingerprint density at radius 3 is 2.38 bits per heavy atom. The van der Waals surface area contributed by atoms with Gasteiger partial charge < -0.3 is 10.5 Å². The number of aromatic nitrogens is 2. The number of hydrogen-bond donors (Lipinski definition) is 1. The molecule has 0 aliphatic rings. The quantitative estimate of drug-likeness (QED) is 0.916. The molecular weight excluding hydrogens is 262 g/mol. The third-order valence-electron chi connectivity index (χ3n) is 3.31. The van der Waals surface area contributed by atoms with Gasteiger partial charge in [-0.05, 0) is 56.5 Å². The Morgan fingerprint density at radius 1 is 1.14 bits per heavy atom. The van der Waals surface area contributed by atoms with Crippen molar-refractivity contribution in [2.75, 3.05) is 0 Å². The van der Waals surface area contributed by atoms with Gasteiger partial charge in [-0.2, -0.15) is 10.2 Å². The summed E-state index contributed by atoms with van der Waals surface area (Å²) in [6, 6.07) is 9.77. The summed E-state index contributed by atoms with van der Waals surface area (Å²) < 4.78 is 5.66. The summed E-state index contributed by atoms with van der Waals surface area (Å²) in [6.07, 6.45) is 0.994. The molecule has 2 aromatic rings. The van der Waals surface area contributed by atoms with E-state index in [9.17, 15) is 0 Å². The van der Waals surface area contributed by atoms with Gasteiger partial charge in [-0.25, -0.2) is 0 Å². The fourth-order valence-corrected chi connectivity index (χ4v) is 2.28. The topological polar surface area (TPSA) is 61.0 Å². The molecular formula is C17H23N3O. The molecule has 1 aromatic carbocycles. The Kier molecular flexibility index (Phi) is 4.91. The molecule has 4 nitrogen and oxygen atoms in total. The molecule has 0 saturated heterocycles. The molecule has 0 amide bonds. The van der Waals surface area contributed by atoms with E-state index in [2.05, 4.69) is 17.1 Å². The van der Waals surface area contributed by atoms with Crippen LogP contribution in [0.25, 0.3) is 0 Å². The van der Waals surface area contributed by atoms with Gasteiger partial charge in [-0.1, -0.05) is 19.1 Å². The minimum Gasteiger partial charge on any atom is -0.491 e. The van der Waals surface area contributed by atoms with Crippen LogP contribution in [0.3, 0.4) is 0 Å². The molecule has 0 spiro atoms. The van der Waals surface area contributed by atoms with Crippen LogP contribution in [0.1, 0.15) is 49.3 Å². The molecule has 2 rings (SSSR count). The Labute approximate surface area is 126 Å². The summed E-state index contributed by atoms with van der Waals surface area (Å²) in [5.41, 5.74) is 10.3. The molecule has 0 aliphatic carbocycles. The maximum Gasteiger partial charge on any atom is 0.119 e. The number of aryl methyl sites for hydroxylation is 2. The number of ether oxygens (including phenoxy) is 1. The molecule has 1 atom stereocenters. The third kappa shape index (κ3) is 3.79. The number of hydrogen-bond acceptors (Lipinski definition) is 4. The molecule has 0 aliphatic heterocycles. The second-order valence-electron chi connectivity index (χ2n) is 5.45. The monoisotopic (exact) mass is 285 g/mol. The van der Waals surface area contributed by atoms with E-state index in [0.29, 0.717) is 0 Å². The van der Waals surface area contributed by atoms with Crippen molar-refractivity contribution < 1.29 is 4.74 Å². The van der Waals surface area contributed by atoms with E-state index in [1.165, 1.54) is 0 Å². The van der Waals surface area contributed by atoms with Crippen LogP contribution in [0.4, 0.5) is 0 Å². The average molecular weight is 285 g/mol. The highest BCUT2D eigenvalue weighted by Gasteiger charge is 2.14. The van der Waals surface area contributed by atoms with E-state index >= 15 is 0 Å². The lowest BCUT2D eigenvalue weighted by Crippen LogP contribution is -2.16. The van der Waals surface area contributed by atoms with Crippen LogP contribution in [0.15, 0.2) is 30.3 Å². The highest BCUT2D eigenvalue weighted by atomic mass is 16.5. The SMILES string of the molecule is CCc1nnc(C)cc1C(N)c1ccc(OC(C)C)cc1. The number of rotatable bonds is 5. The van der Waals surface area contributed by atoms with E-state index in [1.807, 2.05) is 51.1 Å². The summed E-state index contributed by atoms with van der Waals surface area (Å²) in [6.45, 7) is 8.02. The van der Waals surface area contributed by atoms with Gasteiger partial charge in [0.1, 0.15) is 5.75 Å². The molecule has 0 bridgehead atoms. The lowest BCUT2D eigenvalue weighted by Gasteiger charge is -2.17. The number of nitrogens with zero attached hydrogens (tertiary/aromatic N) is 2. The standard InChI is InChI=1S/C17H23N3O/c1-5-16-15(10-12(4)19-20-16)17(18)13-6-8-14(9-7-13)21-11(2)3/h6-11,17H,5,18H2,1-4H3. The second-order valence-corrected chi connectivity index (χ2v) is 5.45. The molecule has 1 aromatic heterocycles. The summed E-state index contributed by atoms with van der Waals surface area (Å²) in [7, 11) is 0. The predicted octanol–water partition coefficient (Wildman–Crippen LogP) is 3.18. The Hall–Kier alpha value is -1.94. The Bertz CT molecular complexity index is 593. The van der Waals surface area contributed by atoms with Crippen LogP contribution in [0, 0.1) is 6.92 Å². The molecule has 1 heterocycles. The van der Waals surface area contributed by atoms with Crippen molar-refractivity contribution in [1.82, 2.24) is 10.2 Å². The minimum atomic E-state index is -0.192. The fraction of sp³-hybridized carbons (Fsp3) is 0.412. The molecule has 112 valence electrons. The first kappa shape index (κ1) is 15.4. The van der Waals surface area contributed by atoms with Crippen LogP contribution in [0.5, 0.6) is 5.75 Å². The van der Waals surface area contributed by atoms with E-state index in [4.69, 9.17) is 10.5 Å². The Morgan fingerprint density at radius 2 is 1.81 bits per heavy atom. The predicted molar refractivity (Wildman–Crippen MR) is 84.4 cm³/mol. The van der Waals surface area contributed by atoms with Crippen LogP contribution >= 0.6 is 0 Å². The third-order valence-corrected chi connectivity index (χ3v) is 3.31. The van der Waals surface area contributed by atoms with Crippen molar-refractivity contribution in [3.05, 3.63) is 52.8 Å². The summed E-state index contributed by atoms with van der Waals surface area (Å²) in [4.78, 5) is 0. The summed E-state index contributed by atoms with van der Waals surface area (Å²) >= 11 is 0. The van der Waals surface area contributed by atoms with E-state index in [1.54, 1.807) is 0 Å². The van der Waals surface area contributed by atoms with Gasteiger partial charge in [-0.15, -0.1) is 0 Å². The first-order valence-corrected chi connectivity index (χ1v) is 7.36. The van der Waals surface area contributed by atoms with Gasteiger partial charge in [0.15, 0.2) is 0 Å². The van der Waals surface area contributed by atoms with Gasteiger partial charge in [0, 0.05) is 0 Å². The van der Waals surface area contributed by atoms with Gasteiger partial charge in [0.05, 0.1) is 23.5 Å². The first-order chi connectivity index (χ1) is 10.0. The first-order valence-electron chi connectivity index (χ1n) is 7.36. The molecule has 0 fully saturated rings. The molecule has 0 radical (unpaired) electrons. The minimum absolute atomic E-state index is 0.170. The molecule has 2 N–H and O–H groups in total. The van der Waals surface area contributed by atoms with Crippen LogP contribution in [-0.4, -0.2) is 16.3 Å². The van der Waals surface area contributed by atoms with Crippen LogP contribution in [0.2, 0.25) is 0 Å². The molecule has 1 unspecified atom stereocenters. The molecule has 0 saturated carbocycles. The fourth-order valence-electron chi connectivity index (χ4n) is 2.28. The van der Waals surface area contributed by atoms with Crippen molar-refractivity contribution in [2.24, 2.45) is 5.73 Å². The zero-order valence-electron chi connectivity index (χ0n) is 13.1. The van der Waals surface area contributed by atoms with Gasteiger partial charge in [-0.3, -0.25) is 0 Å². The van der Waals surface area contributed by atoms with Crippen LogP contribution in [-0.2, 0) is 6.42 Å². The van der Waals surface area contributed by atoms with Gasteiger partial charge in [0.2, 0.25) is 0 Å². The van der Waals surface area contributed by atoms with Gasteiger partial charge >= 0.3 is 0 Å². The summed E-state index contributed by atoms with van der Waals surface area (Å²) in [5, 5.41) is 8.35. The summed E-state index contributed by atoms with van der Waals surface area (Å²) in [5.74, 6) is 0.862. The molecule has 4 heteroatoms. The normalized spacial score (nSPS) is 12.5. The second kappa shape index (κ2) is 6.68. The smallest absolute Gasteiger partial charge is 0.119 e. The van der Waals surface area contributed by atoms with Crippen molar-refractivity contribution in [2.45, 2.75) is 46.3 Å². The lowest BCUT2D eigenvalue weighted by molar-refractivity contribution is 0.242.